The van der Waals surface area contributed by atoms with Gasteiger partial charge in [-0.25, -0.2) is 8.42 Å². The van der Waals surface area contributed by atoms with Crippen LogP contribution in [-0.2, 0) is 32.6 Å². The number of nitrogens with one attached hydrogen (secondary N) is 1. The molecule has 1 aliphatic carbocycles. The van der Waals surface area contributed by atoms with Gasteiger partial charge >= 0.3 is 0 Å². The monoisotopic (exact) mass is 651 g/mol. The van der Waals surface area contributed by atoms with Gasteiger partial charge in [0.2, 0.25) is 11.8 Å². The molecule has 1 N–H and O–H groups in total. The molecule has 4 aromatic carbocycles. The van der Waals surface area contributed by atoms with Crippen molar-refractivity contribution in [2.24, 2.45) is 0 Å². The Balaban J connectivity index is 1.56. The van der Waals surface area contributed by atoms with Crippen molar-refractivity contribution in [1.82, 2.24) is 10.2 Å². The molecule has 0 saturated heterocycles. The number of carbonyl (C=O) groups is 2. The summed E-state index contributed by atoms with van der Waals surface area (Å²) in [5.74, 6) is -0.674. The highest BCUT2D eigenvalue weighted by molar-refractivity contribution is 7.92. The minimum absolute atomic E-state index is 0.0529. The largest absolute Gasteiger partial charge is 0.352 e. The molecule has 47 heavy (non-hydrogen) atoms. The maximum absolute atomic E-state index is 14.7. The number of aryl methyl sites for hydroxylation is 3. The maximum atomic E-state index is 14.7. The van der Waals surface area contributed by atoms with Gasteiger partial charge in [-0.15, -0.1) is 0 Å². The number of hydrogen-bond donors (Lipinski definition) is 1. The molecule has 1 atom stereocenters. The summed E-state index contributed by atoms with van der Waals surface area (Å²) >= 11 is 0. The average Bonchev–Trinajstić information content (AvgIpc) is 3.08. The standard InChI is InChI=1S/C39H45N3O4S/c1-29-19-23-36(24-20-29)47(45,46)42(35-22-21-30(2)31(3)25-35)28-38(43)41(27-33-15-9-5-10-16-33)37(26-32-13-7-4-8-14-32)39(44)40-34-17-11-6-12-18-34/h4-5,7-10,13-16,19-25,34,37H,6,11-12,17-18,26-28H2,1-3H3,(H,40,44)/t37-/m0/s1. The van der Waals surface area contributed by atoms with Gasteiger partial charge < -0.3 is 10.2 Å². The molecule has 1 saturated carbocycles. The van der Waals surface area contributed by atoms with E-state index in [1.165, 1.54) is 4.31 Å². The van der Waals surface area contributed by atoms with Crippen LogP contribution in [0.2, 0.25) is 0 Å². The first-order valence-corrected chi connectivity index (χ1v) is 17.9. The van der Waals surface area contributed by atoms with Crippen LogP contribution in [-0.4, -0.2) is 43.8 Å². The van der Waals surface area contributed by atoms with Gasteiger partial charge in [-0.05, 0) is 80.1 Å². The first kappa shape index (κ1) is 33.9. The molecule has 0 heterocycles. The third-order valence-corrected chi connectivity index (χ3v) is 10.9. The fourth-order valence-electron chi connectivity index (χ4n) is 6.13. The number of amides is 2. The van der Waals surface area contributed by atoms with Gasteiger partial charge in [0, 0.05) is 19.0 Å². The van der Waals surface area contributed by atoms with E-state index in [9.17, 15) is 18.0 Å². The number of hydrogen-bond acceptors (Lipinski definition) is 4. The molecule has 1 aliphatic rings. The van der Waals surface area contributed by atoms with Gasteiger partial charge in [0.25, 0.3) is 10.0 Å². The fourth-order valence-corrected chi connectivity index (χ4v) is 7.53. The van der Waals surface area contributed by atoms with E-state index in [0.717, 1.165) is 59.9 Å². The second-order valence-corrected chi connectivity index (χ2v) is 14.5. The molecule has 0 unspecified atom stereocenters. The molecule has 5 rings (SSSR count). The molecule has 1 fully saturated rings. The Morgan fingerprint density at radius 3 is 2.00 bits per heavy atom. The quantitative estimate of drug-likeness (QED) is 0.181. The van der Waals surface area contributed by atoms with Crippen molar-refractivity contribution in [1.29, 1.82) is 0 Å². The van der Waals surface area contributed by atoms with Crippen LogP contribution >= 0.6 is 0 Å². The second-order valence-electron chi connectivity index (χ2n) is 12.6. The van der Waals surface area contributed by atoms with E-state index in [1.807, 2.05) is 87.5 Å². The predicted octanol–water partition coefficient (Wildman–Crippen LogP) is 6.90. The minimum Gasteiger partial charge on any atom is -0.352 e. The van der Waals surface area contributed by atoms with Crippen LogP contribution < -0.4 is 9.62 Å². The van der Waals surface area contributed by atoms with Gasteiger partial charge in [-0.2, -0.15) is 0 Å². The zero-order valence-corrected chi connectivity index (χ0v) is 28.4. The van der Waals surface area contributed by atoms with Gasteiger partial charge in [0.05, 0.1) is 10.6 Å². The third-order valence-electron chi connectivity index (χ3n) is 9.08. The highest BCUT2D eigenvalue weighted by atomic mass is 32.2. The number of anilines is 1. The fraction of sp³-hybridized carbons (Fsp3) is 0.333. The smallest absolute Gasteiger partial charge is 0.264 e. The highest BCUT2D eigenvalue weighted by Crippen LogP contribution is 2.27. The van der Waals surface area contributed by atoms with E-state index in [-0.39, 0.29) is 23.4 Å². The maximum Gasteiger partial charge on any atom is 0.264 e. The number of benzene rings is 4. The first-order chi connectivity index (χ1) is 22.6. The Bertz CT molecular complexity index is 1750. The van der Waals surface area contributed by atoms with Crippen molar-refractivity contribution in [2.75, 3.05) is 10.8 Å². The SMILES string of the molecule is Cc1ccc(S(=O)(=O)N(CC(=O)N(Cc2ccccc2)[C@@H](Cc2ccccc2)C(=O)NC2CCCCC2)c2ccc(C)c(C)c2)cc1. The first-order valence-electron chi connectivity index (χ1n) is 16.5. The van der Waals surface area contributed by atoms with Gasteiger partial charge in [-0.3, -0.25) is 13.9 Å². The van der Waals surface area contributed by atoms with Crippen LogP contribution in [0.3, 0.4) is 0 Å². The molecular weight excluding hydrogens is 607 g/mol. The third kappa shape index (κ3) is 8.69. The van der Waals surface area contributed by atoms with E-state index >= 15 is 0 Å². The Hall–Kier alpha value is -4.43. The molecule has 0 aliphatic heterocycles. The van der Waals surface area contributed by atoms with Crippen LogP contribution in [0.25, 0.3) is 0 Å². The van der Waals surface area contributed by atoms with E-state index in [2.05, 4.69) is 5.32 Å². The lowest BCUT2D eigenvalue weighted by atomic mass is 9.94. The summed E-state index contributed by atoms with van der Waals surface area (Å²) in [6, 6.07) is 30.5. The molecule has 0 radical (unpaired) electrons. The van der Waals surface area contributed by atoms with Gasteiger partial charge in [0.15, 0.2) is 0 Å². The number of rotatable bonds is 12. The number of nitrogens with zero attached hydrogens (tertiary/aromatic N) is 2. The minimum atomic E-state index is -4.14. The zero-order chi connectivity index (χ0) is 33.4. The van der Waals surface area contributed by atoms with Crippen molar-refractivity contribution in [2.45, 2.75) is 82.8 Å². The van der Waals surface area contributed by atoms with Gasteiger partial charge in [0.1, 0.15) is 12.6 Å². The van der Waals surface area contributed by atoms with Crippen molar-refractivity contribution < 1.29 is 18.0 Å². The van der Waals surface area contributed by atoms with E-state index in [0.29, 0.717) is 12.1 Å². The summed E-state index contributed by atoms with van der Waals surface area (Å²) in [7, 11) is -4.14. The number of carbonyl (C=O) groups excluding carboxylic acids is 2. The molecule has 7 nitrogen and oxygen atoms in total. The average molecular weight is 652 g/mol. The Morgan fingerprint density at radius 1 is 0.766 bits per heavy atom. The topological polar surface area (TPSA) is 86.8 Å². The summed E-state index contributed by atoms with van der Waals surface area (Å²) in [5.41, 5.74) is 5.02. The lowest BCUT2D eigenvalue weighted by Crippen LogP contribution is -2.55. The summed E-state index contributed by atoms with van der Waals surface area (Å²) < 4.78 is 29.8. The van der Waals surface area contributed by atoms with Crippen LogP contribution in [0.5, 0.6) is 0 Å². The lowest BCUT2D eigenvalue weighted by Gasteiger charge is -2.35. The molecule has 0 aromatic heterocycles. The van der Waals surface area contributed by atoms with Gasteiger partial charge in [-0.1, -0.05) is 104 Å². The Morgan fingerprint density at radius 2 is 1.38 bits per heavy atom. The van der Waals surface area contributed by atoms with Crippen LogP contribution in [0.4, 0.5) is 5.69 Å². The van der Waals surface area contributed by atoms with Crippen molar-refractivity contribution in [3.63, 3.8) is 0 Å². The Kier molecular flexibility index (Phi) is 11.1. The van der Waals surface area contributed by atoms with Crippen molar-refractivity contribution in [3.8, 4) is 0 Å². The zero-order valence-electron chi connectivity index (χ0n) is 27.6. The molecule has 2 amide bonds. The second kappa shape index (κ2) is 15.4. The summed E-state index contributed by atoms with van der Waals surface area (Å²) in [5, 5.41) is 3.26. The molecule has 8 heteroatoms. The van der Waals surface area contributed by atoms with Crippen molar-refractivity contribution in [3.05, 3.63) is 131 Å². The molecule has 0 bridgehead atoms. The Labute approximate surface area is 279 Å². The van der Waals surface area contributed by atoms with E-state index in [4.69, 9.17) is 0 Å². The van der Waals surface area contributed by atoms with E-state index < -0.39 is 28.5 Å². The van der Waals surface area contributed by atoms with E-state index in [1.54, 1.807) is 41.3 Å². The summed E-state index contributed by atoms with van der Waals surface area (Å²) in [6.07, 6.45) is 5.39. The highest BCUT2D eigenvalue weighted by Gasteiger charge is 2.35. The van der Waals surface area contributed by atoms with Crippen molar-refractivity contribution >= 4 is 27.5 Å². The number of sulfonamides is 1. The lowest BCUT2D eigenvalue weighted by molar-refractivity contribution is -0.140. The van der Waals surface area contributed by atoms with Crippen LogP contribution in [0.15, 0.2) is 108 Å². The summed E-state index contributed by atoms with van der Waals surface area (Å²) in [6.45, 7) is 5.47. The molecule has 246 valence electrons. The summed E-state index contributed by atoms with van der Waals surface area (Å²) in [4.78, 5) is 30.6. The normalized spacial score (nSPS) is 14.3. The predicted molar refractivity (Wildman–Crippen MR) is 188 cm³/mol. The van der Waals surface area contributed by atoms with Crippen LogP contribution in [0, 0.1) is 20.8 Å². The van der Waals surface area contributed by atoms with Crippen LogP contribution in [0.1, 0.15) is 59.9 Å². The molecular formula is C39H45N3O4S. The molecule has 0 spiro atoms. The molecule has 4 aromatic rings.